The van der Waals surface area contributed by atoms with Crippen LogP contribution in [0.5, 0.6) is 5.75 Å². The molecule has 0 saturated carbocycles. The van der Waals surface area contributed by atoms with E-state index in [1.807, 2.05) is 64.2 Å². The van der Waals surface area contributed by atoms with Crippen LogP contribution in [-0.2, 0) is 26.1 Å². The molecule has 1 aliphatic heterocycles. The fourth-order valence-electron chi connectivity index (χ4n) is 4.74. The molecule has 1 N–H and O–H groups in total. The zero-order chi connectivity index (χ0) is 24.7. The number of benzene rings is 3. The highest BCUT2D eigenvalue weighted by atomic mass is 16.5. The van der Waals surface area contributed by atoms with Crippen molar-refractivity contribution in [2.45, 2.75) is 45.4 Å². The second kappa shape index (κ2) is 11.1. The summed E-state index contributed by atoms with van der Waals surface area (Å²) in [5.74, 6) is 0.804. The van der Waals surface area contributed by atoms with Gasteiger partial charge in [-0.2, -0.15) is 5.10 Å². The molecule has 0 unspecified atom stereocenters. The number of para-hydroxylation sites is 2. The van der Waals surface area contributed by atoms with Crippen molar-refractivity contribution in [3.05, 3.63) is 114 Å². The van der Waals surface area contributed by atoms with Gasteiger partial charge in [-0.25, -0.2) is 0 Å². The third kappa shape index (κ3) is 5.28. The van der Waals surface area contributed by atoms with Crippen LogP contribution in [-0.4, -0.2) is 33.2 Å². The summed E-state index contributed by atoms with van der Waals surface area (Å²) >= 11 is 0. The highest BCUT2D eigenvalue weighted by molar-refractivity contribution is 5.93. The quantitative estimate of drug-likeness (QED) is 0.407. The van der Waals surface area contributed by atoms with Gasteiger partial charge in [0.05, 0.1) is 6.04 Å². The number of fused-ring (bicyclic) bond motifs is 2. The predicted octanol–water partition coefficient (Wildman–Crippen LogP) is 5.55. The van der Waals surface area contributed by atoms with E-state index in [-0.39, 0.29) is 11.9 Å². The number of carbonyl (C=O) groups is 1. The van der Waals surface area contributed by atoms with Crippen molar-refractivity contribution < 1.29 is 9.53 Å². The van der Waals surface area contributed by atoms with Crippen LogP contribution in [0.2, 0.25) is 0 Å². The summed E-state index contributed by atoms with van der Waals surface area (Å²) in [4.78, 5) is 16.1. The molecule has 0 fully saturated rings. The van der Waals surface area contributed by atoms with Gasteiger partial charge in [-0.15, -0.1) is 0 Å². The second-order valence-electron chi connectivity index (χ2n) is 9.15. The number of hydrogen-bond acceptors (Lipinski definition) is 4. The number of anilines is 1. The Labute approximate surface area is 212 Å². The first-order valence-corrected chi connectivity index (χ1v) is 12.6. The van der Waals surface area contributed by atoms with E-state index in [2.05, 4.69) is 47.7 Å². The van der Waals surface area contributed by atoms with E-state index in [9.17, 15) is 4.79 Å². The molecule has 0 bridgehead atoms. The standard InChI is InChI=1S/C30H32N4O2/c1-2-18-34-28(16-17-32-34)30(35)33-21-25-13-6-8-14-27(25)31-20-24-12-7-9-15-29(24)36-22-26(33)19-23-10-4-3-5-11-23/h3-17,26,31H,2,18-22H2,1H3/t26-/m0/s1. The highest BCUT2D eigenvalue weighted by Crippen LogP contribution is 2.27. The summed E-state index contributed by atoms with van der Waals surface area (Å²) in [6.07, 6.45) is 3.30. The number of aryl methyl sites for hydroxylation is 1. The lowest BCUT2D eigenvalue weighted by atomic mass is 10.0. The Balaban J connectivity index is 1.59. The molecule has 2 heterocycles. The first-order valence-electron chi connectivity index (χ1n) is 12.6. The van der Waals surface area contributed by atoms with E-state index < -0.39 is 0 Å². The van der Waals surface area contributed by atoms with Crippen LogP contribution < -0.4 is 10.1 Å². The number of amides is 1. The van der Waals surface area contributed by atoms with Gasteiger partial charge in [0.1, 0.15) is 18.1 Å². The maximum absolute atomic E-state index is 14.2. The number of ether oxygens (including phenoxy) is 1. The molecule has 1 aliphatic rings. The van der Waals surface area contributed by atoms with Crippen LogP contribution >= 0.6 is 0 Å². The molecule has 0 radical (unpaired) electrons. The fourth-order valence-corrected chi connectivity index (χ4v) is 4.74. The van der Waals surface area contributed by atoms with Gasteiger partial charge in [0, 0.05) is 37.1 Å². The minimum absolute atomic E-state index is 0.0344. The first kappa shape index (κ1) is 23.7. The van der Waals surface area contributed by atoms with Crippen molar-refractivity contribution in [2.24, 2.45) is 0 Å². The van der Waals surface area contributed by atoms with Crippen LogP contribution in [0, 0.1) is 0 Å². The van der Waals surface area contributed by atoms with Gasteiger partial charge in [0.15, 0.2) is 0 Å². The molecule has 6 nitrogen and oxygen atoms in total. The number of aromatic nitrogens is 2. The Morgan fingerprint density at radius 3 is 2.56 bits per heavy atom. The van der Waals surface area contributed by atoms with E-state index in [0.29, 0.717) is 38.4 Å². The maximum atomic E-state index is 14.2. The number of nitrogens with zero attached hydrogens (tertiary/aromatic N) is 3. The van der Waals surface area contributed by atoms with Crippen LogP contribution in [0.15, 0.2) is 91.1 Å². The average Bonchev–Trinajstić information content (AvgIpc) is 3.37. The molecule has 4 aromatic rings. The summed E-state index contributed by atoms with van der Waals surface area (Å²) in [5, 5.41) is 7.99. The Morgan fingerprint density at radius 2 is 1.72 bits per heavy atom. The smallest absolute Gasteiger partial charge is 0.272 e. The number of hydrogen-bond donors (Lipinski definition) is 1. The molecule has 6 heteroatoms. The first-order chi connectivity index (χ1) is 17.7. The molecule has 0 spiro atoms. The molecule has 1 amide bonds. The van der Waals surface area contributed by atoms with Crippen LogP contribution in [0.3, 0.4) is 0 Å². The Kier molecular flexibility index (Phi) is 7.31. The van der Waals surface area contributed by atoms with Gasteiger partial charge < -0.3 is 15.0 Å². The number of nitrogens with one attached hydrogen (secondary N) is 1. The van der Waals surface area contributed by atoms with Crippen molar-refractivity contribution in [1.29, 1.82) is 0 Å². The van der Waals surface area contributed by atoms with E-state index in [1.54, 1.807) is 6.20 Å². The average molecular weight is 481 g/mol. The van der Waals surface area contributed by atoms with Crippen molar-refractivity contribution >= 4 is 11.6 Å². The molecule has 3 aromatic carbocycles. The van der Waals surface area contributed by atoms with E-state index in [1.165, 1.54) is 5.56 Å². The van der Waals surface area contributed by atoms with E-state index >= 15 is 0 Å². The Morgan fingerprint density at radius 1 is 0.972 bits per heavy atom. The Hall–Kier alpha value is -4.06. The minimum atomic E-state index is -0.177. The molecular weight excluding hydrogens is 448 g/mol. The molecule has 36 heavy (non-hydrogen) atoms. The van der Waals surface area contributed by atoms with E-state index in [0.717, 1.165) is 29.0 Å². The molecule has 0 saturated heterocycles. The molecule has 5 rings (SSSR count). The van der Waals surface area contributed by atoms with Crippen molar-refractivity contribution in [3.63, 3.8) is 0 Å². The van der Waals surface area contributed by atoms with Gasteiger partial charge in [0.2, 0.25) is 0 Å². The third-order valence-corrected chi connectivity index (χ3v) is 6.62. The van der Waals surface area contributed by atoms with Crippen LogP contribution in [0.1, 0.15) is 40.5 Å². The maximum Gasteiger partial charge on any atom is 0.272 e. The molecular formula is C30H32N4O2. The predicted molar refractivity (Wildman–Crippen MR) is 142 cm³/mol. The Bertz CT molecular complexity index is 1300. The third-order valence-electron chi connectivity index (χ3n) is 6.62. The minimum Gasteiger partial charge on any atom is -0.491 e. The van der Waals surface area contributed by atoms with Crippen molar-refractivity contribution in [2.75, 3.05) is 11.9 Å². The molecule has 1 aromatic heterocycles. The lowest BCUT2D eigenvalue weighted by Gasteiger charge is -2.32. The summed E-state index contributed by atoms with van der Waals surface area (Å²) in [6, 6.07) is 28.3. The summed E-state index contributed by atoms with van der Waals surface area (Å²) in [7, 11) is 0. The topological polar surface area (TPSA) is 59.4 Å². The lowest BCUT2D eigenvalue weighted by Crippen LogP contribution is -2.45. The van der Waals surface area contributed by atoms with Crippen molar-refractivity contribution in [1.82, 2.24) is 14.7 Å². The zero-order valence-corrected chi connectivity index (χ0v) is 20.6. The molecule has 0 aliphatic carbocycles. The lowest BCUT2D eigenvalue weighted by molar-refractivity contribution is 0.0578. The second-order valence-corrected chi connectivity index (χ2v) is 9.15. The van der Waals surface area contributed by atoms with Gasteiger partial charge in [0.25, 0.3) is 5.91 Å². The SMILES string of the molecule is CCCn1nccc1C(=O)N1Cc2ccccc2NCc2ccccc2OC[C@@H]1Cc1ccccc1. The summed E-state index contributed by atoms with van der Waals surface area (Å²) in [6.45, 7) is 4.30. The monoisotopic (exact) mass is 480 g/mol. The summed E-state index contributed by atoms with van der Waals surface area (Å²) in [5.41, 5.74) is 4.96. The number of carbonyl (C=O) groups excluding carboxylic acids is 1. The fraction of sp³-hybridized carbons (Fsp3) is 0.267. The van der Waals surface area contributed by atoms with Crippen LogP contribution in [0.4, 0.5) is 5.69 Å². The molecule has 1 atom stereocenters. The van der Waals surface area contributed by atoms with Crippen LogP contribution in [0.25, 0.3) is 0 Å². The van der Waals surface area contributed by atoms with E-state index in [4.69, 9.17) is 4.74 Å². The normalized spacial score (nSPS) is 15.6. The highest BCUT2D eigenvalue weighted by Gasteiger charge is 2.29. The van der Waals surface area contributed by atoms with Gasteiger partial charge in [-0.1, -0.05) is 73.7 Å². The van der Waals surface area contributed by atoms with Gasteiger partial charge in [-0.3, -0.25) is 9.48 Å². The van der Waals surface area contributed by atoms with Crippen molar-refractivity contribution in [3.8, 4) is 5.75 Å². The largest absolute Gasteiger partial charge is 0.491 e. The summed E-state index contributed by atoms with van der Waals surface area (Å²) < 4.78 is 8.24. The zero-order valence-electron chi connectivity index (χ0n) is 20.6. The number of rotatable bonds is 5. The van der Waals surface area contributed by atoms with Gasteiger partial charge >= 0.3 is 0 Å². The molecule has 184 valence electrons. The van der Waals surface area contributed by atoms with Gasteiger partial charge in [-0.05, 0) is 42.2 Å².